The summed E-state index contributed by atoms with van der Waals surface area (Å²) >= 11 is 1.88. The summed E-state index contributed by atoms with van der Waals surface area (Å²) in [5, 5.41) is 11.8. The van der Waals surface area contributed by atoms with Gasteiger partial charge in [-0.25, -0.2) is 0 Å². The molecule has 80 valence electrons. The van der Waals surface area contributed by atoms with Crippen LogP contribution in [0.15, 0.2) is 0 Å². The van der Waals surface area contributed by atoms with Crippen LogP contribution < -0.4 is 5.32 Å². The van der Waals surface area contributed by atoms with Gasteiger partial charge in [0.15, 0.2) is 0 Å². The lowest BCUT2D eigenvalue weighted by Crippen LogP contribution is -2.18. The lowest BCUT2D eigenvalue weighted by molar-refractivity contribution is 0.0908. The van der Waals surface area contributed by atoms with Crippen molar-refractivity contribution in [2.75, 3.05) is 44.9 Å². The van der Waals surface area contributed by atoms with Crippen LogP contribution in [0.5, 0.6) is 0 Å². The van der Waals surface area contributed by atoms with Crippen molar-refractivity contribution in [3.63, 3.8) is 0 Å². The van der Waals surface area contributed by atoms with Gasteiger partial charge in [-0.1, -0.05) is 0 Å². The van der Waals surface area contributed by atoms with Crippen molar-refractivity contribution >= 4 is 11.8 Å². The van der Waals surface area contributed by atoms with Gasteiger partial charge in [0.2, 0.25) is 0 Å². The number of hydrogen-bond donors (Lipinski definition) is 2. The van der Waals surface area contributed by atoms with Crippen LogP contribution in [0.2, 0.25) is 0 Å². The molecule has 0 aromatic rings. The predicted octanol–water partition coefficient (Wildman–Crippen LogP) is 0.728. The number of thioether (sulfide) groups is 1. The average molecular weight is 207 g/mol. The first-order chi connectivity index (χ1) is 6.41. The molecule has 3 nitrogen and oxygen atoms in total. The Balaban J connectivity index is 2.76. The van der Waals surface area contributed by atoms with Gasteiger partial charge in [-0.15, -0.1) is 0 Å². The van der Waals surface area contributed by atoms with E-state index in [0.29, 0.717) is 6.61 Å². The Bertz CT molecular complexity index is 83.7. The lowest BCUT2D eigenvalue weighted by atomic mass is 10.4. The summed E-state index contributed by atoms with van der Waals surface area (Å²) in [4.78, 5) is 0. The number of ether oxygens (including phenoxy) is 1. The summed E-state index contributed by atoms with van der Waals surface area (Å²) in [6, 6.07) is 0. The standard InChI is InChI=1S/C9H21NO2S/c1-13-9-3-5-10-4-2-7-12-8-6-11/h10-11H,2-9H2,1H3. The smallest absolute Gasteiger partial charge is 0.0697 e. The van der Waals surface area contributed by atoms with Gasteiger partial charge in [-0.3, -0.25) is 0 Å². The summed E-state index contributed by atoms with van der Waals surface area (Å²) in [6.45, 7) is 3.45. The normalized spacial score (nSPS) is 10.6. The molecule has 0 bridgehead atoms. The largest absolute Gasteiger partial charge is 0.394 e. The molecule has 0 radical (unpaired) electrons. The van der Waals surface area contributed by atoms with Crippen molar-refractivity contribution in [3.8, 4) is 0 Å². The van der Waals surface area contributed by atoms with Crippen LogP contribution in [-0.2, 0) is 4.74 Å². The van der Waals surface area contributed by atoms with Crippen LogP contribution in [0.4, 0.5) is 0 Å². The lowest BCUT2D eigenvalue weighted by Gasteiger charge is -2.04. The minimum absolute atomic E-state index is 0.126. The molecule has 0 rings (SSSR count). The molecule has 4 heteroatoms. The average Bonchev–Trinajstić information content (AvgIpc) is 2.16. The van der Waals surface area contributed by atoms with Crippen LogP contribution in [0.3, 0.4) is 0 Å². The molecule has 0 fully saturated rings. The molecule has 0 spiro atoms. The van der Waals surface area contributed by atoms with Gasteiger partial charge < -0.3 is 15.2 Å². The molecule has 2 N–H and O–H groups in total. The third-order valence-electron chi connectivity index (χ3n) is 1.58. The zero-order valence-corrected chi connectivity index (χ0v) is 9.24. The Labute approximate surface area is 85.2 Å². The molecule has 0 aromatic carbocycles. The van der Waals surface area contributed by atoms with Gasteiger partial charge in [0.25, 0.3) is 0 Å². The summed E-state index contributed by atoms with van der Waals surface area (Å²) < 4.78 is 5.12. The number of nitrogens with one attached hydrogen (secondary N) is 1. The highest BCUT2D eigenvalue weighted by Crippen LogP contribution is 1.93. The van der Waals surface area contributed by atoms with E-state index in [1.807, 2.05) is 11.8 Å². The maximum absolute atomic E-state index is 8.42. The highest BCUT2D eigenvalue weighted by Gasteiger charge is 1.89. The molecule has 0 saturated heterocycles. The molecule has 0 aliphatic heterocycles. The third kappa shape index (κ3) is 12.2. The van der Waals surface area contributed by atoms with Crippen LogP contribution in [0, 0.1) is 0 Å². The van der Waals surface area contributed by atoms with Crippen LogP contribution >= 0.6 is 11.8 Å². The van der Waals surface area contributed by atoms with E-state index in [1.54, 1.807) is 0 Å². The van der Waals surface area contributed by atoms with E-state index >= 15 is 0 Å². The van der Waals surface area contributed by atoms with E-state index < -0.39 is 0 Å². The second-order valence-corrected chi connectivity index (χ2v) is 3.77. The fraction of sp³-hybridized carbons (Fsp3) is 1.00. The molecule has 0 aliphatic rings. The van der Waals surface area contributed by atoms with Gasteiger partial charge in [0.1, 0.15) is 0 Å². The van der Waals surface area contributed by atoms with Gasteiger partial charge >= 0.3 is 0 Å². The summed E-state index contributed by atoms with van der Waals surface area (Å²) in [5.41, 5.74) is 0. The molecule has 0 atom stereocenters. The first-order valence-electron chi connectivity index (χ1n) is 4.80. The summed E-state index contributed by atoms with van der Waals surface area (Å²) in [5.74, 6) is 1.23. The van der Waals surface area contributed by atoms with Crippen molar-refractivity contribution in [2.24, 2.45) is 0 Å². The van der Waals surface area contributed by atoms with Crippen LogP contribution in [-0.4, -0.2) is 50.0 Å². The molecule has 0 amide bonds. The Morgan fingerprint density at radius 3 is 2.69 bits per heavy atom. The predicted molar refractivity (Wildman–Crippen MR) is 58.4 cm³/mol. The van der Waals surface area contributed by atoms with Crippen LogP contribution in [0.1, 0.15) is 12.8 Å². The third-order valence-corrected chi connectivity index (χ3v) is 2.28. The first-order valence-corrected chi connectivity index (χ1v) is 6.19. The number of aliphatic hydroxyl groups excluding tert-OH is 1. The molecule has 13 heavy (non-hydrogen) atoms. The number of hydrogen-bond acceptors (Lipinski definition) is 4. The SMILES string of the molecule is CSCCCNCCCOCCO. The van der Waals surface area contributed by atoms with E-state index in [1.165, 1.54) is 12.2 Å². The van der Waals surface area contributed by atoms with E-state index in [4.69, 9.17) is 9.84 Å². The second kappa shape index (κ2) is 12.2. The molecule has 0 unspecified atom stereocenters. The fourth-order valence-corrected chi connectivity index (χ4v) is 1.37. The molecule has 0 saturated carbocycles. The van der Waals surface area contributed by atoms with Crippen molar-refractivity contribution in [2.45, 2.75) is 12.8 Å². The van der Waals surface area contributed by atoms with Crippen molar-refractivity contribution in [3.05, 3.63) is 0 Å². The van der Waals surface area contributed by atoms with Gasteiger partial charge in [0.05, 0.1) is 13.2 Å². The molecular weight excluding hydrogens is 186 g/mol. The maximum atomic E-state index is 8.42. The highest BCUT2D eigenvalue weighted by molar-refractivity contribution is 7.98. The Hall–Kier alpha value is 0.230. The van der Waals surface area contributed by atoms with Gasteiger partial charge in [0, 0.05) is 6.61 Å². The van der Waals surface area contributed by atoms with E-state index in [0.717, 1.165) is 26.1 Å². The Kier molecular flexibility index (Phi) is 12.4. The topological polar surface area (TPSA) is 41.5 Å². The first kappa shape index (κ1) is 13.2. The molecule has 0 aromatic heterocycles. The number of rotatable bonds is 10. The van der Waals surface area contributed by atoms with Crippen LogP contribution in [0.25, 0.3) is 0 Å². The minimum atomic E-state index is 0.126. The maximum Gasteiger partial charge on any atom is 0.0697 e. The Morgan fingerprint density at radius 1 is 1.23 bits per heavy atom. The zero-order chi connectivity index (χ0) is 9.78. The van der Waals surface area contributed by atoms with E-state index in [-0.39, 0.29) is 6.61 Å². The fourth-order valence-electron chi connectivity index (χ4n) is 0.932. The summed E-state index contributed by atoms with van der Waals surface area (Å²) in [6.07, 6.45) is 4.39. The Morgan fingerprint density at radius 2 is 2.00 bits per heavy atom. The molecule has 0 aliphatic carbocycles. The van der Waals surface area contributed by atoms with E-state index in [9.17, 15) is 0 Å². The zero-order valence-electron chi connectivity index (χ0n) is 8.42. The van der Waals surface area contributed by atoms with Gasteiger partial charge in [-0.05, 0) is 37.9 Å². The second-order valence-electron chi connectivity index (χ2n) is 2.79. The summed E-state index contributed by atoms with van der Waals surface area (Å²) in [7, 11) is 0. The molecular formula is C9H21NO2S. The monoisotopic (exact) mass is 207 g/mol. The highest BCUT2D eigenvalue weighted by atomic mass is 32.2. The van der Waals surface area contributed by atoms with Crippen molar-refractivity contribution in [1.29, 1.82) is 0 Å². The van der Waals surface area contributed by atoms with Gasteiger partial charge in [-0.2, -0.15) is 11.8 Å². The quantitative estimate of drug-likeness (QED) is 0.518. The van der Waals surface area contributed by atoms with Crippen molar-refractivity contribution < 1.29 is 9.84 Å². The minimum Gasteiger partial charge on any atom is -0.394 e. The van der Waals surface area contributed by atoms with E-state index in [2.05, 4.69) is 11.6 Å². The van der Waals surface area contributed by atoms with Crippen molar-refractivity contribution in [1.82, 2.24) is 5.32 Å². The number of aliphatic hydroxyl groups is 1. The molecule has 0 heterocycles.